The van der Waals surface area contributed by atoms with Gasteiger partial charge in [-0.2, -0.15) is 5.26 Å². The van der Waals surface area contributed by atoms with E-state index in [9.17, 15) is 9.90 Å². The summed E-state index contributed by atoms with van der Waals surface area (Å²) in [7, 11) is 0. The number of carboxylic acids is 1. The first kappa shape index (κ1) is 5.60. The summed E-state index contributed by atoms with van der Waals surface area (Å²) in [4.78, 5) is 10.8. The molecule has 0 atom stereocenters. The molecule has 0 saturated heterocycles. The molecule has 4 heteroatoms. The summed E-state index contributed by atoms with van der Waals surface area (Å²) in [6.07, 6.45) is 0. The maximum atomic E-state index is 10.8. The number of aromatic carboxylic acids is 1. The van der Waals surface area contributed by atoms with E-state index in [4.69, 9.17) is 14.5 Å². The summed E-state index contributed by atoms with van der Waals surface area (Å²) < 4.78 is 21.4. The summed E-state index contributed by atoms with van der Waals surface area (Å²) in [5.41, 5.74) is -1.51. The van der Waals surface area contributed by atoms with Crippen LogP contribution in [0.3, 0.4) is 0 Å². The monoisotopic (exact) mass is 180 g/mol. The average Bonchev–Trinajstić information content (AvgIpc) is 2.14. The predicted octanol–water partition coefficient (Wildman–Crippen LogP) is 1.27. The lowest BCUT2D eigenvalue weighted by Crippen LogP contribution is -2.00. The van der Waals surface area contributed by atoms with Crippen LogP contribution in [0.5, 0.6) is 5.75 Å². The second-order valence-corrected chi connectivity index (χ2v) is 2.30. The first-order valence-corrected chi connectivity index (χ1v) is 3.29. The molecule has 1 aromatic rings. The summed E-state index contributed by atoms with van der Waals surface area (Å²) in [6, 6.07) is 3.63. The third-order valence-electron chi connectivity index (χ3n) is 1.53. The van der Waals surface area contributed by atoms with Gasteiger partial charge >= 0.3 is 5.97 Å². The Kier molecular flexibility index (Phi) is 1.36. The maximum absolute atomic E-state index is 10.8. The molecule has 0 saturated carbocycles. The van der Waals surface area contributed by atoms with E-state index in [1.165, 1.54) is 0 Å². The van der Waals surface area contributed by atoms with Crippen LogP contribution in [-0.2, 0) is 0 Å². The van der Waals surface area contributed by atoms with E-state index < -0.39 is 29.7 Å². The minimum absolute atomic E-state index is 0.267. The smallest absolute Gasteiger partial charge is 0.336 e. The van der Waals surface area contributed by atoms with Crippen molar-refractivity contribution in [1.29, 1.82) is 5.26 Å². The number of phenols is 1. The molecule has 66 valence electrons. The number of hydrogen-bond acceptors (Lipinski definition) is 3. The highest BCUT2D eigenvalue weighted by molar-refractivity contribution is 5.90. The Morgan fingerprint density at radius 3 is 2.85 bits per heavy atom. The maximum Gasteiger partial charge on any atom is 0.336 e. The number of nitriles is 1. The normalized spacial score (nSPS) is 13.6. The summed E-state index contributed by atoms with van der Waals surface area (Å²) in [5.74, 6) is -2.27. The van der Waals surface area contributed by atoms with Crippen molar-refractivity contribution in [3.8, 4) is 11.8 Å². The molecular weight excluding hydrogens is 170 g/mol. The van der Waals surface area contributed by atoms with Gasteiger partial charge < -0.3 is 10.2 Å². The van der Waals surface area contributed by atoms with Gasteiger partial charge in [0.15, 0.2) is 0 Å². The van der Waals surface area contributed by atoms with Crippen molar-refractivity contribution >= 4 is 5.97 Å². The van der Waals surface area contributed by atoms with Crippen molar-refractivity contribution in [2.45, 2.75) is 6.85 Å². The van der Waals surface area contributed by atoms with E-state index in [2.05, 4.69) is 0 Å². The second-order valence-electron chi connectivity index (χ2n) is 2.30. The molecule has 0 aliphatic rings. The van der Waals surface area contributed by atoms with Gasteiger partial charge in [-0.25, -0.2) is 4.79 Å². The molecule has 4 nitrogen and oxygen atoms in total. The zero-order valence-electron chi connectivity index (χ0n) is 9.40. The van der Waals surface area contributed by atoms with Crippen molar-refractivity contribution in [3.63, 3.8) is 0 Å². The number of aromatic hydroxyl groups is 1. The molecule has 0 heterocycles. The SMILES string of the molecule is [2H]C([2H])([2H])c1c(C(=O)O)ccc(C#N)c1O. The molecule has 0 aliphatic carbocycles. The Bertz CT molecular complexity index is 488. The van der Waals surface area contributed by atoms with Crippen molar-refractivity contribution in [2.24, 2.45) is 0 Å². The lowest BCUT2D eigenvalue weighted by molar-refractivity contribution is 0.0695. The van der Waals surface area contributed by atoms with E-state index in [0.29, 0.717) is 0 Å². The lowest BCUT2D eigenvalue weighted by Gasteiger charge is -2.03. The van der Waals surface area contributed by atoms with Crippen molar-refractivity contribution in [1.82, 2.24) is 0 Å². The van der Waals surface area contributed by atoms with Gasteiger partial charge in [0.25, 0.3) is 0 Å². The van der Waals surface area contributed by atoms with Gasteiger partial charge in [-0.15, -0.1) is 0 Å². The van der Waals surface area contributed by atoms with Crippen molar-refractivity contribution < 1.29 is 19.1 Å². The molecule has 0 aromatic heterocycles. The molecule has 0 unspecified atom stereocenters. The minimum atomic E-state index is -2.79. The molecule has 1 rings (SSSR count). The molecule has 0 aliphatic heterocycles. The largest absolute Gasteiger partial charge is 0.506 e. The highest BCUT2D eigenvalue weighted by Gasteiger charge is 2.12. The summed E-state index contributed by atoms with van der Waals surface area (Å²) in [6.45, 7) is -2.79. The zero-order valence-corrected chi connectivity index (χ0v) is 6.40. The first-order chi connectivity index (χ1) is 7.29. The molecule has 13 heavy (non-hydrogen) atoms. The zero-order chi connectivity index (χ0) is 12.5. The molecule has 2 N–H and O–H groups in total. The van der Waals surface area contributed by atoms with Crippen molar-refractivity contribution in [2.75, 3.05) is 0 Å². The number of hydrogen-bond donors (Lipinski definition) is 2. The fourth-order valence-corrected chi connectivity index (χ4v) is 0.860. The number of rotatable bonds is 1. The fraction of sp³-hybridized carbons (Fsp3) is 0.111. The molecule has 1 aromatic carbocycles. The van der Waals surface area contributed by atoms with E-state index in [1.54, 1.807) is 6.07 Å². The quantitative estimate of drug-likeness (QED) is 0.681. The minimum Gasteiger partial charge on any atom is -0.506 e. The van der Waals surface area contributed by atoms with Gasteiger partial charge in [0, 0.05) is 9.68 Å². The predicted molar refractivity (Wildman–Crippen MR) is 44.5 cm³/mol. The van der Waals surface area contributed by atoms with Crippen LogP contribution in [0.25, 0.3) is 0 Å². The number of carbonyl (C=O) groups is 1. The Balaban J connectivity index is 3.64. The molecule has 0 fully saturated rings. The second kappa shape index (κ2) is 3.15. The fourth-order valence-electron chi connectivity index (χ4n) is 0.860. The van der Waals surface area contributed by atoms with E-state index in [0.717, 1.165) is 12.1 Å². The highest BCUT2D eigenvalue weighted by Crippen LogP contribution is 2.24. The number of nitrogens with zero attached hydrogens (tertiary/aromatic N) is 1. The summed E-state index contributed by atoms with van der Waals surface area (Å²) in [5, 5.41) is 26.9. The Morgan fingerprint density at radius 1 is 1.69 bits per heavy atom. The Labute approximate surface area is 78.9 Å². The molecule has 0 amide bonds. The lowest BCUT2D eigenvalue weighted by atomic mass is 10.0. The third-order valence-corrected chi connectivity index (χ3v) is 1.53. The van der Waals surface area contributed by atoms with Gasteiger partial charge in [-0.1, -0.05) is 0 Å². The topological polar surface area (TPSA) is 81.3 Å². The summed E-state index contributed by atoms with van der Waals surface area (Å²) >= 11 is 0. The van der Waals surface area contributed by atoms with Gasteiger partial charge in [-0.3, -0.25) is 0 Å². The van der Waals surface area contributed by atoms with Crippen LogP contribution in [-0.4, -0.2) is 16.2 Å². The molecular formula is C9H7NO3. The standard InChI is InChI=1S/C9H7NO3/c1-5-7(9(12)13)3-2-6(4-10)8(5)11/h2-3,11H,1H3,(H,12,13)/i1D3. The Hall–Kier alpha value is -2.02. The van der Waals surface area contributed by atoms with E-state index in [1.807, 2.05) is 0 Å². The Morgan fingerprint density at radius 2 is 2.38 bits per heavy atom. The molecule has 0 radical (unpaired) electrons. The number of benzene rings is 1. The van der Waals surface area contributed by atoms with Crippen LogP contribution in [0.1, 0.15) is 25.6 Å². The van der Waals surface area contributed by atoms with Crippen LogP contribution in [0.4, 0.5) is 0 Å². The van der Waals surface area contributed by atoms with E-state index in [-0.39, 0.29) is 5.56 Å². The van der Waals surface area contributed by atoms with Gasteiger partial charge in [-0.05, 0) is 19.0 Å². The highest BCUT2D eigenvalue weighted by atomic mass is 16.4. The molecule has 0 bridgehead atoms. The van der Waals surface area contributed by atoms with Crippen LogP contribution < -0.4 is 0 Å². The van der Waals surface area contributed by atoms with Gasteiger partial charge in [0.1, 0.15) is 11.8 Å². The first-order valence-electron chi connectivity index (χ1n) is 4.79. The van der Waals surface area contributed by atoms with Crippen LogP contribution in [0.2, 0.25) is 0 Å². The molecule has 0 spiro atoms. The van der Waals surface area contributed by atoms with Crippen LogP contribution in [0, 0.1) is 18.2 Å². The van der Waals surface area contributed by atoms with Crippen LogP contribution in [0.15, 0.2) is 12.1 Å². The number of phenolic OH excluding ortho intramolecular Hbond substituents is 1. The van der Waals surface area contributed by atoms with Crippen LogP contribution >= 0.6 is 0 Å². The van der Waals surface area contributed by atoms with E-state index >= 15 is 0 Å². The van der Waals surface area contributed by atoms with Crippen molar-refractivity contribution in [3.05, 3.63) is 28.8 Å². The van der Waals surface area contributed by atoms with Gasteiger partial charge in [0.05, 0.1) is 11.1 Å². The number of carboxylic acid groups (broad SMARTS) is 1. The average molecular weight is 180 g/mol. The van der Waals surface area contributed by atoms with Gasteiger partial charge in [0.2, 0.25) is 0 Å². The third kappa shape index (κ3) is 1.44.